The Labute approximate surface area is 125 Å². The van der Waals surface area contributed by atoms with Gasteiger partial charge >= 0.3 is 0 Å². The summed E-state index contributed by atoms with van der Waals surface area (Å²) in [5, 5.41) is 4.95. The SMILES string of the molecule is Cn1ncc2c(Oc3ccc(-n4ccnc4)cc3)ncnc21. The van der Waals surface area contributed by atoms with Gasteiger partial charge in [-0.25, -0.2) is 15.0 Å². The summed E-state index contributed by atoms with van der Waals surface area (Å²) < 4.78 is 9.46. The van der Waals surface area contributed by atoms with Crippen LogP contribution in [0, 0.1) is 0 Å². The summed E-state index contributed by atoms with van der Waals surface area (Å²) in [4.78, 5) is 12.4. The third-order valence-electron chi connectivity index (χ3n) is 3.35. The van der Waals surface area contributed by atoms with Crippen LogP contribution in [0.2, 0.25) is 0 Å². The lowest BCUT2D eigenvalue weighted by Gasteiger charge is -2.07. The molecule has 0 unspecified atom stereocenters. The van der Waals surface area contributed by atoms with Crippen LogP contribution in [-0.4, -0.2) is 29.3 Å². The Hall–Kier alpha value is -3.22. The lowest BCUT2D eigenvalue weighted by Crippen LogP contribution is -1.94. The number of hydrogen-bond donors (Lipinski definition) is 0. The number of rotatable bonds is 3. The lowest BCUT2D eigenvalue weighted by molar-refractivity contribution is 0.468. The molecule has 0 radical (unpaired) electrons. The van der Waals surface area contributed by atoms with Gasteiger partial charge in [0, 0.05) is 25.1 Å². The molecule has 0 N–H and O–H groups in total. The summed E-state index contributed by atoms with van der Waals surface area (Å²) >= 11 is 0. The first-order valence-corrected chi connectivity index (χ1v) is 6.70. The highest BCUT2D eigenvalue weighted by Gasteiger charge is 2.09. The number of benzene rings is 1. The summed E-state index contributed by atoms with van der Waals surface area (Å²) in [5.41, 5.74) is 1.75. The Morgan fingerprint density at radius 3 is 2.73 bits per heavy atom. The Morgan fingerprint density at radius 2 is 1.95 bits per heavy atom. The van der Waals surface area contributed by atoms with E-state index < -0.39 is 0 Å². The van der Waals surface area contributed by atoms with E-state index in [-0.39, 0.29) is 0 Å². The molecule has 4 aromatic rings. The molecule has 0 aliphatic carbocycles. The summed E-state index contributed by atoms with van der Waals surface area (Å²) in [7, 11) is 1.83. The Balaban J connectivity index is 1.65. The molecule has 0 amide bonds. The molecule has 0 fully saturated rings. The van der Waals surface area contributed by atoms with Crippen LogP contribution in [-0.2, 0) is 7.05 Å². The minimum Gasteiger partial charge on any atom is -0.438 e. The van der Waals surface area contributed by atoms with Crippen LogP contribution in [0.5, 0.6) is 11.6 Å². The van der Waals surface area contributed by atoms with Crippen molar-refractivity contribution in [1.29, 1.82) is 0 Å². The van der Waals surface area contributed by atoms with Crippen LogP contribution in [0.4, 0.5) is 0 Å². The van der Waals surface area contributed by atoms with E-state index in [1.165, 1.54) is 6.33 Å². The zero-order valence-corrected chi connectivity index (χ0v) is 11.8. The van der Waals surface area contributed by atoms with E-state index in [4.69, 9.17) is 4.74 Å². The van der Waals surface area contributed by atoms with Crippen molar-refractivity contribution in [2.45, 2.75) is 0 Å². The number of nitrogens with zero attached hydrogens (tertiary/aromatic N) is 6. The van der Waals surface area contributed by atoms with Gasteiger partial charge in [0.15, 0.2) is 5.65 Å². The monoisotopic (exact) mass is 292 g/mol. The first-order chi connectivity index (χ1) is 10.8. The molecule has 7 nitrogen and oxygen atoms in total. The number of fused-ring (bicyclic) bond motifs is 1. The standard InChI is InChI=1S/C15H12N6O/c1-20-14-13(8-19-20)15(18-9-17-14)22-12-4-2-11(3-5-12)21-7-6-16-10-21/h2-10H,1H3. The molecule has 0 saturated heterocycles. The van der Waals surface area contributed by atoms with Crippen molar-refractivity contribution in [3.63, 3.8) is 0 Å². The summed E-state index contributed by atoms with van der Waals surface area (Å²) in [6.45, 7) is 0. The Bertz CT molecular complexity index is 911. The number of aromatic nitrogens is 6. The number of aryl methyl sites for hydroxylation is 1. The summed E-state index contributed by atoms with van der Waals surface area (Å²) in [6, 6.07) is 7.69. The fourth-order valence-corrected chi connectivity index (χ4v) is 2.23. The molecule has 0 bridgehead atoms. The second kappa shape index (κ2) is 4.96. The van der Waals surface area contributed by atoms with Crippen LogP contribution in [0.1, 0.15) is 0 Å². The highest BCUT2D eigenvalue weighted by Crippen LogP contribution is 2.26. The molecular weight excluding hydrogens is 280 g/mol. The van der Waals surface area contributed by atoms with Crippen molar-refractivity contribution < 1.29 is 4.74 Å². The van der Waals surface area contributed by atoms with E-state index in [1.54, 1.807) is 23.4 Å². The normalized spacial score (nSPS) is 11.0. The summed E-state index contributed by atoms with van der Waals surface area (Å²) in [6.07, 6.45) is 8.55. The minimum absolute atomic E-state index is 0.494. The first kappa shape index (κ1) is 12.5. The maximum Gasteiger partial charge on any atom is 0.233 e. The van der Waals surface area contributed by atoms with Gasteiger partial charge in [0.25, 0.3) is 0 Å². The van der Waals surface area contributed by atoms with Crippen molar-refractivity contribution in [3.8, 4) is 17.3 Å². The molecular formula is C15H12N6O. The second-order valence-electron chi connectivity index (χ2n) is 4.75. The molecule has 0 atom stereocenters. The van der Waals surface area contributed by atoms with Gasteiger partial charge in [-0.2, -0.15) is 5.10 Å². The number of ether oxygens (including phenoxy) is 1. The summed E-state index contributed by atoms with van der Waals surface area (Å²) in [5.74, 6) is 1.20. The van der Waals surface area contributed by atoms with Gasteiger partial charge in [0.1, 0.15) is 17.5 Å². The average molecular weight is 292 g/mol. The zero-order valence-electron chi connectivity index (χ0n) is 11.8. The molecule has 0 aliphatic heterocycles. The van der Waals surface area contributed by atoms with Gasteiger partial charge in [-0.05, 0) is 24.3 Å². The third-order valence-corrected chi connectivity index (χ3v) is 3.35. The van der Waals surface area contributed by atoms with Crippen molar-refractivity contribution in [2.24, 2.45) is 7.05 Å². The quantitative estimate of drug-likeness (QED) is 0.579. The predicted octanol–water partition coefficient (Wildman–Crippen LogP) is 2.34. The second-order valence-corrected chi connectivity index (χ2v) is 4.75. The highest BCUT2D eigenvalue weighted by atomic mass is 16.5. The molecule has 4 rings (SSSR count). The van der Waals surface area contributed by atoms with E-state index >= 15 is 0 Å². The number of hydrogen-bond acceptors (Lipinski definition) is 5. The molecule has 0 spiro atoms. The topological polar surface area (TPSA) is 70.7 Å². The van der Waals surface area contributed by atoms with E-state index in [0.717, 1.165) is 16.7 Å². The van der Waals surface area contributed by atoms with Gasteiger partial charge in [0.2, 0.25) is 5.88 Å². The van der Waals surface area contributed by atoms with Gasteiger partial charge in [-0.3, -0.25) is 4.68 Å². The van der Waals surface area contributed by atoms with Gasteiger partial charge in [-0.15, -0.1) is 0 Å². The fraction of sp³-hybridized carbons (Fsp3) is 0.0667. The number of imidazole rings is 1. The van der Waals surface area contributed by atoms with Crippen molar-refractivity contribution in [2.75, 3.05) is 0 Å². The van der Waals surface area contributed by atoms with E-state index in [1.807, 2.05) is 42.1 Å². The van der Waals surface area contributed by atoms with E-state index in [9.17, 15) is 0 Å². The van der Waals surface area contributed by atoms with Crippen LogP contribution >= 0.6 is 0 Å². The third kappa shape index (κ3) is 2.08. The van der Waals surface area contributed by atoms with E-state index in [0.29, 0.717) is 11.6 Å². The Kier molecular flexibility index (Phi) is 2.82. The van der Waals surface area contributed by atoms with Crippen molar-refractivity contribution in [1.82, 2.24) is 29.3 Å². The molecule has 3 heterocycles. The maximum atomic E-state index is 5.85. The van der Waals surface area contributed by atoms with Gasteiger partial charge < -0.3 is 9.30 Å². The molecule has 3 aromatic heterocycles. The van der Waals surface area contributed by atoms with Crippen LogP contribution < -0.4 is 4.74 Å². The molecule has 0 saturated carbocycles. The molecule has 108 valence electrons. The minimum atomic E-state index is 0.494. The molecule has 7 heteroatoms. The van der Waals surface area contributed by atoms with E-state index in [2.05, 4.69) is 20.1 Å². The van der Waals surface area contributed by atoms with Crippen molar-refractivity contribution in [3.05, 3.63) is 55.5 Å². The molecule has 0 aliphatic rings. The Morgan fingerprint density at radius 1 is 1.09 bits per heavy atom. The zero-order chi connectivity index (χ0) is 14.9. The largest absolute Gasteiger partial charge is 0.438 e. The average Bonchev–Trinajstić information content (AvgIpc) is 3.19. The molecule has 22 heavy (non-hydrogen) atoms. The predicted molar refractivity (Wildman–Crippen MR) is 79.9 cm³/mol. The highest BCUT2D eigenvalue weighted by molar-refractivity contribution is 5.79. The first-order valence-electron chi connectivity index (χ1n) is 6.70. The van der Waals surface area contributed by atoms with Crippen LogP contribution in [0.25, 0.3) is 16.7 Å². The molecule has 1 aromatic carbocycles. The smallest absolute Gasteiger partial charge is 0.233 e. The van der Waals surface area contributed by atoms with Crippen LogP contribution in [0.3, 0.4) is 0 Å². The maximum absolute atomic E-state index is 5.85. The van der Waals surface area contributed by atoms with Crippen LogP contribution in [0.15, 0.2) is 55.5 Å². The lowest BCUT2D eigenvalue weighted by atomic mass is 10.3. The van der Waals surface area contributed by atoms with Gasteiger partial charge in [0.05, 0.1) is 12.5 Å². The fourth-order valence-electron chi connectivity index (χ4n) is 2.23. The van der Waals surface area contributed by atoms with Gasteiger partial charge in [-0.1, -0.05) is 0 Å². The van der Waals surface area contributed by atoms with Crippen molar-refractivity contribution >= 4 is 11.0 Å².